The molecule has 0 spiro atoms. The second-order valence-corrected chi connectivity index (χ2v) is 6.53. The maximum Gasteiger partial charge on any atom is 0.250 e. The van der Waals surface area contributed by atoms with E-state index in [4.69, 9.17) is 21.9 Å². The van der Waals surface area contributed by atoms with Gasteiger partial charge in [0.25, 0.3) is 5.56 Å². The van der Waals surface area contributed by atoms with Crippen molar-refractivity contribution in [3.05, 3.63) is 59.3 Å². The summed E-state index contributed by atoms with van der Waals surface area (Å²) in [6.45, 7) is 4.70. The van der Waals surface area contributed by atoms with E-state index in [1.54, 1.807) is 45.9 Å². The van der Waals surface area contributed by atoms with E-state index in [9.17, 15) is 4.79 Å². The number of halogens is 1. The van der Waals surface area contributed by atoms with E-state index in [0.717, 1.165) is 29.0 Å². The molecule has 27 heavy (non-hydrogen) atoms. The van der Waals surface area contributed by atoms with Crippen molar-refractivity contribution in [2.75, 3.05) is 11.5 Å². The molecule has 6 nitrogen and oxygen atoms in total. The molecule has 8 heteroatoms. The van der Waals surface area contributed by atoms with Gasteiger partial charge in [0, 0.05) is 30.6 Å². The summed E-state index contributed by atoms with van der Waals surface area (Å²) in [5, 5.41) is 4.37. The monoisotopic (exact) mass is 406 g/mol. The number of aromatic nitrogens is 3. The van der Waals surface area contributed by atoms with Crippen LogP contribution in [0.4, 0.5) is 5.69 Å². The molecule has 144 valence electrons. The highest BCUT2D eigenvalue weighted by atomic mass is 35.5. The normalized spacial score (nSPS) is 10.2. The topological polar surface area (TPSA) is 75.1 Å². The fourth-order valence-corrected chi connectivity index (χ4v) is 2.60. The minimum atomic E-state index is -0.0181. The Hall–Kier alpha value is -2.38. The van der Waals surface area contributed by atoms with Crippen molar-refractivity contribution in [3.8, 4) is 22.6 Å². The van der Waals surface area contributed by atoms with Gasteiger partial charge in [0.2, 0.25) is 0 Å². The van der Waals surface area contributed by atoms with Crippen LogP contribution in [0.3, 0.4) is 0 Å². The molecule has 0 atom stereocenters. The summed E-state index contributed by atoms with van der Waals surface area (Å²) in [6, 6.07) is 8.65. The van der Waals surface area contributed by atoms with E-state index in [2.05, 4.69) is 17.7 Å². The lowest BCUT2D eigenvalue weighted by molar-refractivity contribution is 0.622. The smallest absolute Gasteiger partial charge is 0.250 e. The fourth-order valence-electron chi connectivity index (χ4n) is 2.46. The van der Waals surface area contributed by atoms with Crippen LogP contribution in [0.1, 0.15) is 20.3 Å². The first-order valence-electron chi connectivity index (χ1n) is 8.58. The molecule has 0 saturated carbocycles. The number of nitrogens with two attached hydrogens (primary N) is 1. The molecule has 3 aromatic rings. The standard InChI is InChI=1S/C17H17ClN4O2.C2H6S/c1-2-7-21-11-14(4-6-17(21)23)22-10-13(9-20-22)12-3-5-15(19)16(8-12)24-18;1-2-3/h3-6,8-11H,2,7,19H2,1H3;3H,2H2,1H3. The molecule has 0 unspecified atom stereocenters. The number of rotatable bonds is 5. The molecule has 0 aliphatic heterocycles. The third-order valence-corrected chi connectivity index (χ3v) is 3.88. The van der Waals surface area contributed by atoms with E-state index >= 15 is 0 Å². The van der Waals surface area contributed by atoms with Gasteiger partial charge in [0.15, 0.2) is 5.75 Å². The van der Waals surface area contributed by atoms with Gasteiger partial charge in [-0.1, -0.05) is 19.9 Å². The highest BCUT2D eigenvalue weighted by molar-refractivity contribution is 7.80. The Labute approximate surface area is 169 Å². The van der Waals surface area contributed by atoms with Crippen LogP contribution in [0, 0.1) is 0 Å². The van der Waals surface area contributed by atoms with Gasteiger partial charge in [0.05, 0.1) is 17.6 Å². The summed E-state index contributed by atoms with van der Waals surface area (Å²) >= 11 is 9.21. The molecule has 0 amide bonds. The fraction of sp³-hybridized carbons (Fsp3) is 0.263. The Morgan fingerprint density at radius 1 is 1.19 bits per heavy atom. The van der Waals surface area contributed by atoms with Gasteiger partial charge >= 0.3 is 0 Å². The van der Waals surface area contributed by atoms with Crippen molar-refractivity contribution in [3.63, 3.8) is 0 Å². The Morgan fingerprint density at radius 2 is 1.93 bits per heavy atom. The summed E-state index contributed by atoms with van der Waals surface area (Å²) in [5.41, 5.74) is 8.81. The van der Waals surface area contributed by atoms with Gasteiger partial charge < -0.3 is 14.6 Å². The molecule has 2 heterocycles. The highest BCUT2D eigenvalue weighted by Crippen LogP contribution is 2.29. The number of aryl methyl sites for hydroxylation is 1. The van der Waals surface area contributed by atoms with Gasteiger partial charge in [-0.2, -0.15) is 17.7 Å². The SMILES string of the molecule is CCCn1cc(-n2cc(-c3ccc(N)c(OCl)c3)cn2)ccc1=O.CCS. The number of nitrogens with zero attached hydrogens (tertiary/aromatic N) is 3. The van der Waals surface area contributed by atoms with E-state index in [0.29, 0.717) is 18.0 Å². The van der Waals surface area contributed by atoms with Crippen molar-refractivity contribution in [1.29, 1.82) is 0 Å². The zero-order chi connectivity index (χ0) is 19.8. The molecule has 2 N–H and O–H groups in total. The first-order chi connectivity index (χ1) is 13.0. The van der Waals surface area contributed by atoms with Gasteiger partial charge in [0.1, 0.15) is 11.9 Å². The Morgan fingerprint density at radius 3 is 2.59 bits per heavy atom. The number of hydrogen-bond donors (Lipinski definition) is 2. The molecular weight excluding hydrogens is 384 g/mol. The van der Waals surface area contributed by atoms with Crippen molar-refractivity contribution >= 4 is 30.2 Å². The van der Waals surface area contributed by atoms with Gasteiger partial charge in [-0.05, 0) is 35.9 Å². The van der Waals surface area contributed by atoms with Crippen LogP contribution in [0.5, 0.6) is 5.75 Å². The second kappa shape index (κ2) is 10.1. The molecular formula is C19H23ClN4O2S. The summed E-state index contributed by atoms with van der Waals surface area (Å²) in [7, 11) is 0. The van der Waals surface area contributed by atoms with E-state index in [-0.39, 0.29) is 5.56 Å². The molecule has 0 radical (unpaired) electrons. The van der Waals surface area contributed by atoms with Crippen LogP contribution in [-0.2, 0) is 6.54 Å². The van der Waals surface area contributed by atoms with E-state index in [1.165, 1.54) is 0 Å². The number of benzene rings is 1. The molecule has 1 aromatic carbocycles. The van der Waals surface area contributed by atoms with Crippen LogP contribution < -0.4 is 15.6 Å². The predicted octanol–water partition coefficient (Wildman–Crippen LogP) is 4.16. The minimum absolute atomic E-state index is 0.0181. The number of anilines is 1. The summed E-state index contributed by atoms with van der Waals surface area (Å²) in [6.07, 6.45) is 6.30. The number of nitrogen functional groups attached to an aromatic ring is 1. The molecule has 3 rings (SSSR count). The molecule has 0 aliphatic rings. The van der Waals surface area contributed by atoms with Crippen LogP contribution in [-0.4, -0.2) is 20.1 Å². The quantitative estimate of drug-likeness (QED) is 0.492. The van der Waals surface area contributed by atoms with Crippen LogP contribution >= 0.6 is 24.5 Å². The van der Waals surface area contributed by atoms with Gasteiger partial charge in [-0.25, -0.2) is 4.68 Å². The van der Waals surface area contributed by atoms with Gasteiger partial charge in [-0.3, -0.25) is 4.79 Å². The maximum atomic E-state index is 11.8. The zero-order valence-electron chi connectivity index (χ0n) is 15.3. The van der Waals surface area contributed by atoms with Crippen LogP contribution in [0.15, 0.2) is 53.7 Å². The third kappa shape index (κ3) is 5.30. The Bertz CT molecular complexity index is 939. The number of pyridine rings is 1. The van der Waals surface area contributed by atoms with Crippen LogP contribution in [0.2, 0.25) is 0 Å². The average molecular weight is 407 g/mol. The number of hydrogen-bond acceptors (Lipinski definition) is 5. The Kier molecular flexibility index (Phi) is 7.82. The van der Waals surface area contributed by atoms with Crippen molar-refractivity contribution in [2.24, 2.45) is 0 Å². The summed E-state index contributed by atoms with van der Waals surface area (Å²) in [4.78, 5) is 11.8. The lowest BCUT2D eigenvalue weighted by Gasteiger charge is -2.07. The highest BCUT2D eigenvalue weighted by Gasteiger charge is 2.08. The van der Waals surface area contributed by atoms with Crippen molar-refractivity contribution < 1.29 is 4.29 Å². The molecule has 0 bridgehead atoms. The Balaban J connectivity index is 0.000000817. The molecule has 2 aromatic heterocycles. The summed E-state index contributed by atoms with van der Waals surface area (Å²) < 4.78 is 8.14. The first kappa shape index (κ1) is 20.9. The zero-order valence-corrected chi connectivity index (χ0v) is 17.0. The van der Waals surface area contributed by atoms with Crippen molar-refractivity contribution in [1.82, 2.24) is 14.3 Å². The lowest BCUT2D eigenvalue weighted by Crippen LogP contribution is -2.19. The minimum Gasteiger partial charge on any atom is -0.396 e. The molecule has 0 saturated heterocycles. The largest absolute Gasteiger partial charge is 0.396 e. The predicted molar refractivity (Wildman–Crippen MR) is 114 cm³/mol. The van der Waals surface area contributed by atoms with Crippen molar-refractivity contribution in [2.45, 2.75) is 26.8 Å². The first-order valence-corrected chi connectivity index (χ1v) is 9.53. The number of thiol groups is 1. The second-order valence-electron chi connectivity index (χ2n) is 5.74. The van der Waals surface area contributed by atoms with E-state index < -0.39 is 0 Å². The maximum absolute atomic E-state index is 11.8. The van der Waals surface area contributed by atoms with E-state index in [1.807, 2.05) is 26.1 Å². The third-order valence-electron chi connectivity index (χ3n) is 3.71. The van der Waals surface area contributed by atoms with Gasteiger partial charge in [-0.15, -0.1) is 0 Å². The van der Waals surface area contributed by atoms with Crippen LogP contribution in [0.25, 0.3) is 16.8 Å². The lowest BCUT2D eigenvalue weighted by atomic mass is 10.1. The summed E-state index contributed by atoms with van der Waals surface area (Å²) in [5.74, 6) is 1.35. The molecule has 0 aliphatic carbocycles. The average Bonchev–Trinajstić information content (AvgIpc) is 3.15. The molecule has 0 fully saturated rings.